The van der Waals surface area contributed by atoms with Gasteiger partial charge < -0.3 is 10.6 Å². The van der Waals surface area contributed by atoms with Gasteiger partial charge in [-0.25, -0.2) is 4.98 Å². The van der Waals surface area contributed by atoms with E-state index in [0.29, 0.717) is 5.82 Å². The van der Waals surface area contributed by atoms with Crippen molar-refractivity contribution in [3.63, 3.8) is 0 Å². The van der Waals surface area contributed by atoms with Gasteiger partial charge in [-0.15, -0.1) is 0 Å². The third-order valence-electron chi connectivity index (χ3n) is 4.01. The van der Waals surface area contributed by atoms with Crippen molar-refractivity contribution in [2.75, 3.05) is 18.4 Å². The molecular formula is C14H20BrN3O. The second-order valence-corrected chi connectivity index (χ2v) is 6.01. The largest absolute Gasteiger partial charge is 0.317 e. The number of piperidine rings is 1. The summed E-state index contributed by atoms with van der Waals surface area (Å²) in [5.74, 6) is 0.739. The van der Waals surface area contributed by atoms with Crippen LogP contribution in [-0.4, -0.2) is 24.0 Å². The van der Waals surface area contributed by atoms with Crippen molar-refractivity contribution in [2.24, 2.45) is 5.41 Å². The van der Waals surface area contributed by atoms with Crippen molar-refractivity contribution in [1.82, 2.24) is 10.3 Å². The van der Waals surface area contributed by atoms with Crippen LogP contribution in [0.1, 0.15) is 31.7 Å². The number of carbonyl (C=O) groups excluding carboxylic acids is 1. The number of nitrogens with zero attached hydrogens (tertiary/aromatic N) is 1. The summed E-state index contributed by atoms with van der Waals surface area (Å²) in [6.45, 7) is 5.90. The van der Waals surface area contributed by atoms with Crippen LogP contribution >= 0.6 is 15.9 Å². The molecule has 1 aliphatic heterocycles. The molecule has 104 valence electrons. The molecule has 0 spiro atoms. The van der Waals surface area contributed by atoms with Gasteiger partial charge >= 0.3 is 0 Å². The van der Waals surface area contributed by atoms with E-state index in [1.165, 1.54) is 0 Å². The Labute approximate surface area is 122 Å². The standard InChI is InChI=1S/C14H20BrN3O/c1-3-14(4-6-16-7-5-14)13(19)18-12-8-10(2)11(15)9-17-12/h8-9,16H,3-7H2,1-2H3,(H,17,18,19). The Balaban J connectivity index is 2.12. The quantitative estimate of drug-likeness (QED) is 0.898. The second-order valence-electron chi connectivity index (χ2n) is 5.16. The van der Waals surface area contributed by atoms with E-state index >= 15 is 0 Å². The highest BCUT2D eigenvalue weighted by molar-refractivity contribution is 9.10. The Morgan fingerprint density at radius 1 is 1.53 bits per heavy atom. The number of amides is 1. The maximum Gasteiger partial charge on any atom is 0.231 e. The highest BCUT2D eigenvalue weighted by Gasteiger charge is 2.37. The molecule has 4 nitrogen and oxygen atoms in total. The van der Waals surface area contributed by atoms with Crippen LogP contribution in [0.4, 0.5) is 5.82 Å². The van der Waals surface area contributed by atoms with Crippen molar-refractivity contribution in [3.8, 4) is 0 Å². The van der Waals surface area contributed by atoms with Gasteiger partial charge in [0, 0.05) is 10.7 Å². The molecule has 5 heteroatoms. The Hall–Kier alpha value is -0.940. The molecular weight excluding hydrogens is 306 g/mol. The van der Waals surface area contributed by atoms with Crippen molar-refractivity contribution < 1.29 is 4.79 Å². The fraction of sp³-hybridized carbons (Fsp3) is 0.571. The van der Waals surface area contributed by atoms with E-state index in [1.807, 2.05) is 13.0 Å². The number of aryl methyl sites for hydroxylation is 1. The number of anilines is 1. The predicted molar refractivity (Wildman–Crippen MR) is 80.1 cm³/mol. The van der Waals surface area contributed by atoms with Gasteiger partial charge in [0.15, 0.2) is 0 Å². The summed E-state index contributed by atoms with van der Waals surface area (Å²) in [6.07, 6.45) is 4.39. The highest BCUT2D eigenvalue weighted by atomic mass is 79.9. The lowest BCUT2D eigenvalue weighted by Crippen LogP contribution is -2.44. The Morgan fingerprint density at radius 2 is 2.21 bits per heavy atom. The number of carbonyl (C=O) groups is 1. The van der Waals surface area contributed by atoms with Gasteiger partial charge in [0.05, 0.1) is 5.41 Å². The average Bonchev–Trinajstić information content (AvgIpc) is 2.43. The summed E-state index contributed by atoms with van der Waals surface area (Å²) < 4.78 is 0.956. The van der Waals surface area contributed by atoms with E-state index < -0.39 is 0 Å². The van der Waals surface area contributed by atoms with Gasteiger partial charge in [0.2, 0.25) is 5.91 Å². The van der Waals surface area contributed by atoms with Gasteiger partial charge in [-0.3, -0.25) is 4.79 Å². The van der Waals surface area contributed by atoms with Crippen molar-refractivity contribution in [2.45, 2.75) is 33.1 Å². The predicted octanol–water partition coefficient (Wildman–Crippen LogP) is 2.87. The molecule has 2 heterocycles. The molecule has 1 aliphatic rings. The zero-order valence-electron chi connectivity index (χ0n) is 11.4. The minimum atomic E-state index is -0.242. The Bertz CT molecular complexity index is 470. The van der Waals surface area contributed by atoms with Crippen LogP contribution in [0.25, 0.3) is 0 Å². The van der Waals surface area contributed by atoms with Gasteiger partial charge in [-0.2, -0.15) is 0 Å². The van der Waals surface area contributed by atoms with E-state index in [2.05, 4.69) is 38.5 Å². The first-order valence-corrected chi connectivity index (χ1v) is 7.51. The first-order chi connectivity index (χ1) is 9.07. The normalized spacial score (nSPS) is 18.1. The van der Waals surface area contributed by atoms with Gasteiger partial charge in [0.25, 0.3) is 0 Å². The third kappa shape index (κ3) is 3.15. The van der Waals surface area contributed by atoms with E-state index in [4.69, 9.17) is 0 Å². The molecule has 19 heavy (non-hydrogen) atoms. The molecule has 0 aromatic carbocycles. The average molecular weight is 326 g/mol. The van der Waals surface area contributed by atoms with E-state index in [0.717, 1.165) is 42.4 Å². The lowest BCUT2D eigenvalue weighted by molar-refractivity contribution is -0.127. The molecule has 1 amide bonds. The number of halogens is 1. The van der Waals surface area contributed by atoms with Gasteiger partial charge in [0.1, 0.15) is 5.82 Å². The number of aromatic nitrogens is 1. The summed E-state index contributed by atoms with van der Waals surface area (Å²) in [7, 11) is 0. The molecule has 0 atom stereocenters. The zero-order valence-corrected chi connectivity index (χ0v) is 13.0. The van der Waals surface area contributed by atoms with Crippen LogP contribution in [-0.2, 0) is 4.79 Å². The molecule has 1 saturated heterocycles. The molecule has 0 unspecified atom stereocenters. The molecule has 1 aromatic rings. The summed E-state index contributed by atoms with van der Waals surface area (Å²) in [5.41, 5.74) is 0.828. The summed E-state index contributed by atoms with van der Waals surface area (Å²) in [6, 6.07) is 1.90. The zero-order chi connectivity index (χ0) is 13.9. The summed E-state index contributed by atoms with van der Waals surface area (Å²) in [5, 5.41) is 6.28. The second kappa shape index (κ2) is 6.01. The van der Waals surface area contributed by atoms with Crippen molar-refractivity contribution in [3.05, 3.63) is 22.3 Å². The molecule has 0 aliphatic carbocycles. The molecule has 1 fully saturated rings. The van der Waals surface area contributed by atoms with Gasteiger partial charge in [-0.1, -0.05) is 6.92 Å². The third-order valence-corrected chi connectivity index (χ3v) is 4.84. The molecule has 0 radical (unpaired) electrons. The number of hydrogen-bond acceptors (Lipinski definition) is 3. The van der Waals surface area contributed by atoms with Crippen LogP contribution < -0.4 is 10.6 Å². The number of pyridine rings is 1. The summed E-state index contributed by atoms with van der Waals surface area (Å²) in [4.78, 5) is 16.8. The first-order valence-electron chi connectivity index (χ1n) is 6.72. The minimum Gasteiger partial charge on any atom is -0.317 e. The van der Waals surface area contributed by atoms with Crippen molar-refractivity contribution >= 4 is 27.7 Å². The van der Waals surface area contributed by atoms with Crippen LogP contribution in [0.3, 0.4) is 0 Å². The number of rotatable bonds is 3. The maximum absolute atomic E-state index is 12.5. The Kier molecular flexibility index (Phi) is 4.58. The van der Waals surface area contributed by atoms with E-state index in [1.54, 1.807) is 6.20 Å². The van der Waals surface area contributed by atoms with Crippen LogP contribution in [0, 0.1) is 12.3 Å². The van der Waals surface area contributed by atoms with Crippen molar-refractivity contribution in [1.29, 1.82) is 0 Å². The molecule has 2 rings (SSSR count). The topological polar surface area (TPSA) is 54.0 Å². The fourth-order valence-electron chi connectivity index (χ4n) is 2.50. The minimum absolute atomic E-state index is 0.103. The fourth-order valence-corrected chi connectivity index (χ4v) is 2.72. The Morgan fingerprint density at radius 3 is 2.79 bits per heavy atom. The van der Waals surface area contributed by atoms with E-state index in [-0.39, 0.29) is 11.3 Å². The molecule has 1 aromatic heterocycles. The monoisotopic (exact) mass is 325 g/mol. The lowest BCUT2D eigenvalue weighted by atomic mass is 9.76. The van der Waals surface area contributed by atoms with Crippen LogP contribution in [0.15, 0.2) is 16.7 Å². The van der Waals surface area contributed by atoms with Crippen LogP contribution in [0.2, 0.25) is 0 Å². The molecule has 0 saturated carbocycles. The smallest absolute Gasteiger partial charge is 0.231 e. The molecule has 2 N–H and O–H groups in total. The maximum atomic E-state index is 12.5. The lowest BCUT2D eigenvalue weighted by Gasteiger charge is -2.35. The van der Waals surface area contributed by atoms with Crippen LogP contribution in [0.5, 0.6) is 0 Å². The number of hydrogen-bond donors (Lipinski definition) is 2. The number of nitrogens with one attached hydrogen (secondary N) is 2. The SMILES string of the molecule is CCC1(C(=O)Nc2cc(C)c(Br)cn2)CCNCC1. The first kappa shape index (κ1) is 14.5. The highest BCUT2D eigenvalue weighted by Crippen LogP contribution is 2.33. The molecule has 0 bridgehead atoms. The van der Waals surface area contributed by atoms with Gasteiger partial charge in [-0.05, 0) is 66.8 Å². The summed E-state index contributed by atoms with van der Waals surface area (Å²) >= 11 is 3.41. The van der Waals surface area contributed by atoms with E-state index in [9.17, 15) is 4.79 Å².